The van der Waals surface area contributed by atoms with Crippen LogP contribution in [0.2, 0.25) is 0 Å². The van der Waals surface area contributed by atoms with Crippen molar-refractivity contribution < 1.29 is 9.52 Å². The molecule has 1 aromatic carbocycles. The van der Waals surface area contributed by atoms with E-state index in [1.807, 2.05) is 24.3 Å². The number of aliphatic hydroxyl groups excluding tert-OH is 1. The molecule has 1 unspecified atom stereocenters. The van der Waals surface area contributed by atoms with Crippen molar-refractivity contribution in [1.82, 2.24) is 19.7 Å². The fraction of sp³-hybridized carbons (Fsp3) is 0.200. The lowest BCUT2D eigenvalue weighted by atomic mass is 10.1. The maximum atomic E-state index is 9.59. The summed E-state index contributed by atoms with van der Waals surface area (Å²) in [6.45, 7) is -0.254. The Morgan fingerprint density at radius 1 is 1.32 bits per heavy atom. The molecule has 1 aliphatic carbocycles. The smallest absolute Gasteiger partial charge is 0.181 e. The second-order valence-corrected chi connectivity index (χ2v) is 6.70. The number of hydrogen-bond donors (Lipinski definition) is 2. The Morgan fingerprint density at radius 3 is 3.04 bits per heavy atom. The molecule has 0 fully saturated rings. The van der Waals surface area contributed by atoms with Crippen LogP contribution in [0.1, 0.15) is 29.2 Å². The van der Waals surface area contributed by atoms with Gasteiger partial charge in [-0.3, -0.25) is 0 Å². The summed E-state index contributed by atoms with van der Waals surface area (Å²) in [5, 5.41) is 27.4. The standard InChI is InChI=1S/C20H16N6O2/c21-7-12-1-3-14-13(5-12)2-4-16(14)24-19-6-15-17(8-23-19)26(11-27)25-20(15)18-9-22-10-28-18/h1,3,5-6,8-10,16,27H,2,4,11H2,(H,23,24). The highest BCUT2D eigenvalue weighted by molar-refractivity contribution is 5.93. The number of aryl methyl sites for hydroxylation is 1. The van der Waals surface area contributed by atoms with Crippen LogP contribution in [0.4, 0.5) is 5.82 Å². The summed E-state index contributed by atoms with van der Waals surface area (Å²) in [7, 11) is 0. The van der Waals surface area contributed by atoms with E-state index in [0.717, 1.165) is 18.2 Å². The molecule has 1 aliphatic rings. The number of aliphatic hydroxyl groups is 1. The molecule has 0 amide bonds. The zero-order chi connectivity index (χ0) is 19.1. The van der Waals surface area contributed by atoms with E-state index in [-0.39, 0.29) is 12.8 Å². The third-order valence-corrected chi connectivity index (χ3v) is 5.11. The Kier molecular flexibility index (Phi) is 3.81. The number of nitrogens with one attached hydrogen (secondary N) is 1. The lowest BCUT2D eigenvalue weighted by Crippen LogP contribution is -2.08. The quantitative estimate of drug-likeness (QED) is 0.566. The summed E-state index contributed by atoms with van der Waals surface area (Å²) >= 11 is 0. The van der Waals surface area contributed by atoms with Gasteiger partial charge in [-0.15, -0.1) is 0 Å². The Bertz CT molecular complexity index is 1210. The van der Waals surface area contributed by atoms with Gasteiger partial charge in [-0.05, 0) is 42.2 Å². The average Bonchev–Trinajstić information content (AvgIpc) is 3.46. The van der Waals surface area contributed by atoms with Gasteiger partial charge in [0, 0.05) is 5.39 Å². The highest BCUT2D eigenvalue weighted by Crippen LogP contribution is 2.35. The van der Waals surface area contributed by atoms with Gasteiger partial charge in [-0.1, -0.05) is 6.07 Å². The van der Waals surface area contributed by atoms with E-state index in [1.54, 1.807) is 12.4 Å². The van der Waals surface area contributed by atoms with E-state index >= 15 is 0 Å². The molecule has 4 aromatic rings. The molecule has 28 heavy (non-hydrogen) atoms. The minimum absolute atomic E-state index is 0.134. The normalized spacial score (nSPS) is 15.5. The van der Waals surface area contributed by atoms with Gasteiger partial charge in [0.15, 0.2) is 12.2 Å². The minimum atomic E-state index is -0.254. The van der Waals surface area contributed by atoms with E-state index in [2.05, 4.69) is 26.5 Å². The fourth-order valence-corrected chi connectivity index (χ4v) is 3.79. The zero-order valence-corrected chi connectivity index (χ0v) is 14.8. The van der Waals surface area contributed by atoms with Crippen molar-refractivity contribution in [2.45, 2.75) is 25.6 Å². The lowest BCUT2D eigenvalue weighted by Gasteiger charge is -2.15. The Hall–Kier alpha value is -3.70. The largest absolute Gasteiger partial charge is 0.442 e. The first-order valence-corrected chi connectivity index (χ1v) is 8.92. The molecule has 0 aliphatic heterocycles. The minimum Gasteiger partial charge on any atom is -0.442 e. The number of fused-ring (bicyclic) bond motifs is 2. The molecule has 0 spiro atoms. The van der Waals surface area contributed by atoms with Crippen LogP contribution >= 0.6 is 0 Å². The maximum Gasteiger partial charge on any atom is 0.181 e. The number of nitrogens with zero attached hydrogens (tertiary/aromatic N) is 5. The van der Waals surface area contributed by atoms with Crippen molar-refractivity contribution in [1.29, 1.82) is 5.26 Å². The summed E-state index contributed by atoms with van der Waals surface area (Å²) in [5.41, 5.74) is 4.41. The molecule has 3 aromatic heterocycles. The second-order valence-electron chi connectivity index (χ2n) is 6.70. The molecular weight excluding hydrogens is 356 g/mol. The van der Waals surface area contributed by atoms with E-state index < -0.39 is 0 Å². The molecule has 8 nitrogen and oxygen atoms in total. The fourth-order valence-electron chi connectivity index (χ4n) is 3.79. The first kappa shape index (κ1) is 16.5. The van der Waals surface area contributed by atoms with E-state index in [4.69, 9.17) is 9.68 Å². The van der Waals surface area contributed by atoms with Gasteiger partial charge in [0.1, 0.15) is 18.2 Å². The SMILES string of the molecule is N#Cc1ccc2c(c1)CCC2Nc1cc2c(-c3cnco3)nn(CO)c2cn1. The van der Waals surface area contributed by atoms with Gasteiger partial charge in [-0.2, -0.15) is 10.4 Å². The van der Waals surface area contributed by atoms with Gasteiger partial charge in [-0.25, -0.2) is 14.6 Å². The molecule has 138 valence electrons. The van der Waals surface area contributed by atoms with Gasteiger partial charge in [0.25, 0.3) is 0 Å². The predicted octanol–water partition coefficient (Wildman–Crippen LogP) is 3.01. The molecular formula is C20H16N6O2. The summed E-state index contributed by atoms with van der Waals surface area (Å²) in [6.07, 6.45) is 6.50. The molecule has 3 heterocycles. The van der Waals surface area contributed by atoms with E-state index in [0.29, 0.717) is 28.4 Å². The first-order chi connectivity index (χ1) is 13.8. The van der Waals surface area contributed by atoms with Crippen LogP contribution in [0.25, 0.3) is 22.4 Å². The van der Waals surface area contributed by atoms with Gasteiger partial charge in [0.2, 0.25) is 0 Å². The van der Waals surface area contributed by atoms with Crippen LogP contribution in [-0.2, 0) is 13.2 Å². The van der Waals surface area contributed by atoms with Crippen molar-refractivity contribution in [2.24, 2.45) is 0 Å². The van der Waals surface area contributed by atoms with Crippen LogP contribution in [0.15, 0.2) is 47.5 Å². The van der Waals surface area contributed by atoms with Crippen LogP contribution < -0.4 is 5.32 Å². The summed E-state index contributed by atoms with van der Waals surface area (Å²) < 4.78 is 6.86. The molecule has 0 saturated carbocycles. The maximum absolute atomic E-state index is 9.59. The molecule has 5 rings (SSSR count). The number of oxazole rings is 1. The predicted molar refractivity (Wildman–Crippen MR) is 101 cm³/mol. The summed E-state index contributed by atoms with van der Waals surface area (Å²) in [4.78, 5) is 8.45. The molecule has 8 heteroatoms. The van der Waals surface area contributed by atoms with Crippen LogP contribution in [0, 0.1) is 11.3 Å². The third kappa shape index (κ3) is 2.61. The highest BCUT2D eigenvalue weighted by atomic mass is 16.3. The summed E-state index contributed by atoms with van der Waals surface area (Å²) in [6, 6.07) is 10.1. The van der Waals surface area contributed by atoms with Crippen molar-refractivity contribution in [3.63, 3.8) is 0 Å². The van der Waals surface area contributed by atoms with E-state index in [9.17, 15) is 5.11 Å². The molecule has 1 atom stereocenters. The average molecular weight is 372 g/mol. The molecule has 2 N–H and O–H groups in total. The molecule has 0 saturated heterocycles. The third-order valence-electron chi connectivity index (χ3n) is 5.11. The van der Waals surface area contributed by atoms with Crippen LogP contribution in [0.3, 0.4) is 0 Å². The van der Waals surface area contributed by atoms with Crippen molar-refractivity contribution >= 4 is 16.7 Å². The van der Waals surface area contributed by atoms with Crippen LogP contribution in [-0.4, -0.2) is 24.9 Å². The van der Waals surface area contributed by atoms with Crippen LogP contribution in [0.5, 0.6) is 0 Å². The number of aromatic nitrogens is 4. The Balaban J connectivity index is 1.52. The van der Waals surface area contributed by atoms with Crippen molar-refractivity contribution in [3.05, 3.63) is 59.7 Å². The van der Waals surface area contributed by atoms with Gasteiger partial charge in [0.05, 0.1) is 35.6 Å². The Morgan fingerprint density at radius 2 is 2.25 bits per heavy atom. The monoisotopic (exact) mass is 372 g/mol. The zero-order valence-electron chi connectivity index (χ0n) is 14.8. The van der Waals surface area contributed by atoms with Crippen molar-refractivity contribution in [2.75, 3.05) is 5.32 Å². The van der Waals surface area contributed by atoms with Crippen molar-refractivity contribution in [3.8, 4) is 17.5 Å². The molecule has 0 radical (unpaired) electrons. The molecule has 0 bridgehead atoms. The number of pyridine rings is 1. The number of benzene rings is 1. The van der Waals surface area contributed by atoms with E-state index in [1.165, 1.54) is 22.2 Å². The number of nitriles is 1. The number of hydrogen-bond acceptors (Lipinski definition) is 7. The number of rotatable bonds is 4. The topological polar surface area (TPSA) is 113 Å². The lowest BCUT2D eigenvalue weighted by molar-refractivity contribution is 0.200. The Labute approximate surface area is 160 Å². The summed E-state index contributed by atoms with van der Waals surface area (Å²) in [5.74, 6) is 1.25. The van der Waals surface area contributed by atoms with Gasteiger partial charge >= 0.3 is 0 Å². The highest BCUT2D eigenvalue weighted by Gasteiger charge is 2.23. The second kappa shape index (κ2) is 6.48. The first-order valence-electron chi connectivity index (χ1n) is 8.92. The van der Waals surface area contributed by atoms with Gasteiger partial charge < -0.3 is 14.8 Å². The number of anilines is 1.